The summed E-state index contributed by atoms with van der Waals surface area (Å²) in [5, 5.41) is 0.642. The molecule has 2 aromatic carbocycles. The van der Waals surface area contributed by atoms with Crippen LogP contribution in [0.1, 0.15) is 55.6 Å². The number of nitrogens with zero attached hydrogens (tertiary/aromatic N) is 2. The lowest BCUT2D eigenvalue weighted by atomic mass is 9.97. The van der Waals surface area contributed by atoms with Crippen LogP contribution < -0.4 is 24.5 Å². The van der Waals surface area contributed by atoms with Crippen molar-refractivity contribution in [2.45, 2.75) is 26.8 Å². The zero-order valence-corrected chi connectivity index (χ0v) is 21.9. The lowest BCUT2D eigenvalue weighted by Crippen LogP contribution is -2.29. The number of carbonyl (C=O) groups is 2. The molecule has 9 nitrogen and oxygen atoms in total. The van der Waals surface area contributed by atoms with Gasteiger partial charge in [-0.05, 0) is 43.7 Å². The van der Waals surface area contributed by atoms with Crippen molar-refractivity contribution in [1.82, 2.24) is 4.98 Å². The summed E-state index contributed by atoms with van der Waals surface area (Å²) in [7, 11) is 4.46. The zero-order valence-electron chi connectivity index (χ0n) is 21.1. The van der Waals surface area contributed by atoms with Crippen molar-refractivity contribution in [3.8, 4) is 17.2 Å². The fraction of sp³-hybridized carbons (Fsp3) is 0.259. The fourth-order valence-electron chi connectivity index (χ4n) is 4.67. The van der Waals surface area contributed by atoms with E-state index in [2.05, 4.69) is 4.98 Å². The number of aromatic nitrogens is 1. The number of anilines is 1. The largest absolute Gasteiger partial charge is 0.493 e. The van der Waals surface area contributed by atoms with E-state index >= 15 is 0 Å². The number of methoxy groups -OCH3 is 3. The van der Waals surface area contributed by atoms with E-state index in [9.17, 15) is 14.4 Å². The highest BCUT2D eigenvalue weighted by Crippen LogP contribution is 2.47. The third kappa shape index (κ3) is 3.75. The van der Waals surface area contributed by atoms with E-state index in [1.807, 2.05) is 13.0 Å². The molecule has 4 aromatic rings. The lowest BCUT2D eigenvalue weighted by Gasteiger charge is -2.24. The number of thiazole rings is 1. The van der Waals surface area contributed by atoms with E-state index in [-0.39, 0.29) is 27.7 Å². The van der Waals surface area contributed by atoms with Crippen molar-refractivity contribution in [3.05, 3.63) is 73.6 Å². The molecule has 1 unspecified atom stereocenters. The van der Waals surface area contributed by atoms with Gasteiger partial charge in [0.2, 0.25) is 11.5 Å². The molecule has 37 heavy (non-hydrogen) atoms. The maximum absolute atomic E-state index is 13.9. The van der Waals surface area contributed by atoms with Crippen LogP contribution in [0.15, 0.2) is 39.5 Å². The maximum atomic E-state index is 13.9. The number of fused-ring (bicyclic) bond motifs is 2. The second-order valence-corrected chi connectivity index (χ2v) is 9.65. The van der Waals surface area contributed by atoms with E-state index in [1.165, 1.54) is 33.2 Å². The highest BCUT2D eigenvalue weighted by molar-refractivity contribution is 7.17. The molecule has 0 aliphatic carbocycles. The van der Waals surface area contributed by atoms with Gasteiger partial charge in [0, 0.05) is 6.92 Å². The summed E-state index contributed by atoms with van der Waals surface area (Å²) in [5.41, 5.74) is 2.07. The number of carbonyl (C=O) groups excluding carboxylic acids is 2. The molecule has 1 atom stereocenters. The van der Waals surface area contributed by atoms with Crippen molar-refractivity contribution >= 4 is 39.1 Å². The Balaban J connectivity index is 1.84. The van der Waals surface area contributed by atoms with Gasteiger partial charge in [0.05, 0.1) is 48.9 Å². The second kappa shape index (κ2) is 9.04. The van der Waals surface area contributed by atoms with E-state index in [4.69, 9.17) is 18.6 Å². The monoisotopic (exact) mass is 520 g/mol. The number of rotatable bonds is 6. The van der Waals surface area contributed by atoms with Gasteiger partial charge in [0.25, 0.3) is 5.91 Å². The van der Waals surface area contributed by atoms with Gasteiger partial charge in [-0.25, -0.2) is 4.98 Å². The van der Waals surface area contributed by atoms with Crippen molar-refractivity contribution in [2.75, 3.05) is 26.2 Å². The van der Waals surface area contributed by atoms with Crippen LogP contribution in [-0.4, -0.2) is 38.0 Å². The van der Waals surface area contributed by atoms with Gasteiger partial charge in [-0.1, -0.05) is 23.0 Å². The molecule has 1 aliphatic heterocycles. The summed E-state index contributed by atoms with van der Waals surface area (Å²) in [6, 6.07) is 7.69. The van der Waals surface area contributed by atoms with Gasteiger partial charge in [-0.2, -0.15) is 0 Å². The van der Waals surface area contributed by atoms with Gasteiger partial charge in [0.1, 0.15) is 5.58 Å². The summed E-state index contributed by atoms with van der Waals surface area (Å²) < 4.78 is 22.6. The number of hydrogen-bond acceptors (Lipinski definition) is 9. The normalized spacial score (nSPS) is 14.7. The molecule has 3 heterocycles. The van der Waals surface area contributed by atoms with Crippen LogP contribution in [-0.2, 0) is 0 Å². The molecule has 10 heteroatoms. The van der Waals surface area contributed by atoms with Crippen molar-refractivity contribution in [1.29, 1.82) is 0 Å². The molecule has 1 aliphatic rings. The number of hydrogen-bond donors (Lipinski definition) is 0. The Bertz CT molecular complexity index is 1630. The Morgan fingerprint density at radius 2 is 1.70 bits per heavy atom. The van der Waals surface area contributed by atoms with Crippen LogP contribution >= 0.6 is 11.3 Å². The summed E-state index contributed by atoms with van der Waals surface area (Å²) in [6.07, 6.45) is 0. The van der Waals surface area contributed by atoms with Crippen LogP contribution in [0, 0.1) is 13.8 Å². The number of benzene rings is 2. The van der Waals surface area contributed by atoms with Crippen molar-refractivity contribution in [2.24, 2.45) is 0 Å². The van der Waals surface area contributed by atoms with E-state index in [0.717, 1.165) is 16.9 Å². The fourth-order valence-corrected chi connectivity index (χ4v) is 5.66. The quantitative estimate of drug-likeness (QED) is 0.332. The Hall–Kier alpha value is -4.18. The van der Waals surface area contributed by atoms with E-state index in [1.54, 1.807) is 31.2 Å². The Morgan fingerprint density at radius 1 is 1.03 bits per heavy atom. The highest BCUT2D eigenvalue weighted by Gasteiger charge is 2.46. The minimum Gasteiger partial charge on any atom is -0.493 e. The SMILES string of the molecule is COc1cc(C2c3c(oc4ccc(C)cc4c3=O)C(=O)N2c2nc(C)c(C(C)=O)s2)cc(OC)c1OC. The lowest BCUT2D eigenvalue weighted by molar-refractivity contribution is 0.0969. The summed E-state index contributed by atoms with van der Waals surface area (Å²) >= 11 is 1.09. The van der Waals surface area contributed by atoms with Gasteiger partial charge < -0.3 is 18.6 Å². The topological polar surface area (TPSA) is 108 Å². The van der Waals surface area contributed by atoms with Crippen LogP contribution in [0.2, 0.25) is 0 Å². The van der Waals surface area contributed by atoms with Crippen molar-refractivity contribution in [3.63, 3.8) is 0 Å². The molecule has 0 radical (unpaired) electrons. The Kier molecular flexibility index (Phi) is 5.99. The minimum absolute atomic E-state index is 0.0719. The molecule has 0 spiro atoms. The molecule has 0 saturated heterocycles. The summed E-state index contributed by atoms with van der Waals surface area (Å²) in [4.78, 5) is 46.3. The summed E-state index contributed by atoms with van der Waals surface area (Å²) in [6.45, 7) is 5.03. The van der Waals surface area contributed by atoms with Crippen LogP contribution in [0.25, 0.3) is 11.0 Å². The molecule has 0 fully saturated rings. The minimum atomic E-state index is -0.914. The van der Waals surface area contributed by atoms with Crippen LogP contribution in [0.4, 0.5) is 5.13 Å². The van der Waals surface area contributed by atoms with Gasteiger partial charge >= 0.3 is 0 Å². The predicted octanol–water partition coefficient (Wildman–Crippen LogP) is 4.84. The smallest absolute Gasteiger partial charge is 0.297 e. The Labute approximate surface area is 216 Å². The zero-order chi connectivity index (χ0) is 26.6. The van der Waals surface area contributed by atoms with E-state index < -0.39 is 11.9 Å². The number of ketones is 1. The average molecular weight is 521 g/mol. The number of aryl methyl sites for hydroxylation is 2. The first-order chi connectivity index (χ1) is 17.7. The molecular weight excluding hydrogens is 496 g/mol. The van der Waals surface area contributed by atoms with Crippen molar-refractivity contribution < 1.29 is 28.2 Å². The molecule has 0 saturated carbocycles. The third-order valence-electron chi connectivity index (χ3n) is 6.34. The van der Waals surface area contributed by atoms with Gasteiger partial charge in [-0.15, -0.1) is 0 Å². The number of Topliss-reactive ketones (excluding diaryl/α,β-unsaturated/α-hetero) is 1. The molecule has 190 valence electrons. The average Bonchev–Trinajstić information content (AvgIpc) is 3.41. The molecular formula is C27H24N2O7S. The molecule has 1 amide bonds. The molecule has 0 N–H and O–H groups in total. The predicted molar refractivity (Wildman–Crippen MR) is 139 cm³/mol. The molecule has 0 bridgehead atoms. The first kappa shape index (κ1) is 24.5. The maximum Gasteiger partial charge on any atom is 0.297 e. The number of ether oxygens (including phenoxy) is 3. The molecule has 5 rings (SSSR count). The Morgan fingerprint density at radius 3 is 2.27 bits per heavy atom. The first-order valence-electron chi connectivity index (χ1n) is 11.4. The second-order valence-electron chi connectivity index (χ2n) is 8.68. The van der Waals surface area contributed by atoms with Crippen LogP contribution in [0.5, 0.6) is 17.2 Å². The summed E-state index contributed by atoms with van der Waals surface area (Å²) in [5.74, 6) is 0.326. The third-order valence-corrected chi connectivity index (χ3v) is 7.60. The van der Waals surface area contributed by atoms with Gasteiger partial charge in [-0.3, -0.25) is 19.3 Å². The number of amides is 1. The van der Waals surface area contributed by atoms with Gasteiger partial charge in [0.15, 0.2) is 27.8 Å². The first-order valence-corrected chi connectivity index (χ1v) is 12.2. The van der Waals surface area contributed by atoms with Crippen LogP contribution in [0.3, 0.4) is 0 Å². The highest BCUT2D eigenvalue weighted by atomic mass is 32.1. The molecule has 2 aromatic heterocycles. The standard InChI is InChI=1S/C27H24N2O7S/c1-12-7-8-17-16(9-12)22(31)20-21(15-10-18(33-4)23(35-6)19(11-15)34-5)29(26(32)24(20)36-17)27-28-13(2)25(37-27)14(3)30/h7-11,21H,1-6H3. The van der Waals surface area contributed by atoms with E-state index in [0.29, 0.717) is 44.4 Å².